The molecule has 0 aliphatic heterocycles. The quantitative estimate of drug-likeness (QED) is 0.343. The van der Waals surface area contributed by atoms with E-state index in [0.717, 1.165) is 0 Å². The number of likely N-dealkylation sites (N-methyl/N-ethyl adjacent to an activating group) is 1. The fourth-order valence-electron chi connectivity index (χ4n) is 1.78. The third kappa shape index (κ3) is 8.32. The van der Waals surface area contributed by atoms with Gasteiger partial charge in [-0.05, 0) is 20.4 Å². The van der Waals surface area contributed by atoms with Crippen LogP contribution in [0.2, 0.25) is 0 Å². The maximum Gasteiger partial charge on any atom is 0.320 e. The number of aliphatic carboxylic acids is 1. The van der Waals surface area contributed by atoms with Gasteiger partial charge in [0.25, 0.3) is 0 Å². The van der Waals surface area contributed by atoms with Crippen molar-refractivity contribution in [3.63, 3.8) is 0 Å². The monoisotopic (exact) mass is 316 g/mol. The van der Waals surface area contributed by atoms with Gasteiger partial charge in [0.15, 0.2) is 0 Å². The second-order valence-corrected chi connectivity index (χ2v) is 4.79. The molecule has 126 valence electrons. The van der Waals surface area contributed by atoms with Gasteiger partial charge in [-0.2, -0.15) is 0 Å². The summed E-state index contributed by atoms with van der Waals surface area (Å²) in [5, 5.41) is 14.0. The fraction of sp³-hybridized carbons (Fsp3) is 0.692. The molecule has 0 spiro atoms. The van der Waals surface area contributed by atoms with E-state index < -0.39 is 12.0 Å². The minimum atomic E-state index is -1.02. The van der Waals surface area contributed by atoms with E-state index >= 15 is 0 Å². The lowest BCUT2D eigenvalue weighted by molar-refractivity contribution is -0.139. The number of carboxylic acid groups (broad SMARTS) is 1. The third-order valence-electron chi connectivity index (χ3n) is 2.95. The smallest absolute Gasteiger partial charge is 0.320 e. The summed E-state index contributed by atoms with van der Waals surface area (Å²) in [6.07, 6.45) is 0.214. The van der Waals surface area contributed by atoms with Crippen LogP contribution in [0.4, 0.5) is 0 Å². The van der Waals surface area contributed by atoms with Gasteiger partial charge < -0.3 is 26.4 Å². The number of hydrogen-bond donors (Lipinski definition) is 4. The van der Waals surface area contributed by atoms with Crippen LogP contribution in [0, 0.1) is 0 Å². The van der Waals surface area contributed by atoms with Crippen LogP contribution < -0.4 is 16.4 Å². The first-order chi connectivity index (χ1) is 10.3. The summed E-state index contributed by atoms with van der Waals surface area (Å²) in [7, 11) is 1.51. The lowest BCUT2D eigenvalue weighted by Gasteiger charge is -2.21. The SMILES string of the molecule is CNC(CCC(=O)NCCN(CC(C)=O)C(=O)CN)C(=O)O. The van der Waals surface area contributed by atoms with Crippen molar-refractivity contribution < 1.29 is 24.3 Å². The fourth-order valence-corrected chi connectivity index (χ4v) is 1.78. The summed E-state index contributed by atoms with van der Waals surface area (Å²) in [5.74, 6) is -1.88. The van der Waals surface area contributed by atoms with Gasteiger partial charge in [0.05, 0.1) is 13.1 Å². The Morgan fingerprint density at radius 2 is 1.91 bits per heavy atom. The van der Waals surface area contributed by atoms with E-state index in [1.165, 1.54) is 18.9 Å². The Balaban J connectivity index is 4.14. The Morgan fingerprint density at radius 3 is 2.36 bits per heavy atom. The molecule has 0 aromatic rings. The van der Waals surface area contributed by atoms with Crippen molar-refractivity contribution in [1.82, 2.24) is 15.5 Å². The molecule has 0 aliphatic carbocycles. The summed E-state index contributed by atoms with van der Waals surface area (Å²) in [4.78, 5) is 46.2. The first-order valence-electron chi connectivity index (χ1n) is 6.95. The topological polar surface area (TPSA) is 142 Å². The molecule has 0 rings (SSSR count). The van der Waals surface area contributed by atoms with E-state index in [9.17, 15) is 19.2 Å². The Bertz CT molecular complexity index is 413. The van der Waals surface area contributed by atoms with E-state index in [-0.39, 0.29) is 56.6 Å². The van der Waals surface area contributed by atoms with Gasteiger partial charge in [-0.3, -0.25) is 19.2 Å². The molecule has 1 atom stereocenters. The number of nitrogens with one attached hydrogen (secondary N) is 2. The van der Waals surface area contributed by atoms with Crippen LogP contribution in [0.5, 0.6) is 0 Å². The van der Waals surface area contributed by atoms with E-state index in [4.69, 9.17) is 10.8 Å². The molecule has 2 amide bonds. The molecule has 5 N–H and O–H groups in total. The molecule has 0 radical (unpaired) electrons. The zero-order valence-electron chi connectivity index (χ0n) is 12.9. The molecule has 0 aromatic carbocycles. The number of hydrogen-bond acceptors (Lipinski definition) is 6. The average Bonchev–Trinajstić information content (AvgIpc) is 2.45. The van der Waals surface area contributed by atoms with Crippen LogP contribution in [-0.2, 0) is 19.2 Å². The molecule has 1 unspecified atom stereocenters. The van der Waals surface area contributed by atoms with Crippen molar-refractivity contribution in [2.45, 2.75) is 25.8 Å². The normalized spacial score (nSPS) is 11.6. The van der Waals surface area contributed by atoms with Gasteiger partial charge >= 0.3 is 5.97 Å². The van der Waals surface area contributed by atoms with Crippen molar-refractivity contribution in [3.05, 3.63) is 0 Å². The van der Waals surface area contributed by atoms with Crippen molar-refractivity contribution in [2.24, 2.45) is 5.73 Å². The van der Waals surface area contributed by atoms with Crippen LogP contribution in [-0.4, -0.2) is 72.8 Å². The predicted molar refractivity (Wildman–Crippen MR) is 79.0 cm³/mol. The lowest BCUT2D eigenvalue weighted by atomic mass is 10.1. The van der Waals surface area contributed by atoms with Gasteiger partial charge in [0.1, 0.15) is 11.8 Å². The highest BCUT2D eigenvalue weighted by atomic mass is 16.4. The first-order valence-corrected chi connectivity index (χ1v) is 6.95. The lowest BCUT2D eigenvalue weighted by Crippen LogP contribution is -2.43. The van der Waals surface area contributed by atoms with Crippen LogP contribution in [0.3, 0.4) is 0 Å². The highest BCUT2D eigenvalue weighted by molar-refractivity contribution is 5.85. The molecule has 0 bridgehead atoms. The number of amides is 2. The van der Waals surface area contributed by atoms with Gasteiger partial charge in [-0.15, -0.1) is 0 Å². The molecule has 0 fully saturated rings. The van der Waals surface area contributed by atoms with E-state index in [0.29, 0.717) is 0 Å². The minimum absolute atomic E-state index is 0.0489. The third-order valence-corrected chi connectivity index (χ3v) is 2.95. The molecule has 0 saturated carbocycles. The van der Waals surface area contributed by atoms with Crippen molar-refractivity contribution in [3.8, 4) is 0 Å². The maximum atomic E-state index is 11.6. The van der Waals surface area contributed by atoms with Crippen molar-refractivity contribution >= 4 is 23.6 Å². The number of rotatable bonds is 11. The first kappa shape index (κ1) is 20.0. The highest BCUT2D eigenvalue weighted by Gasteiger charge is 2.17. The molecular weight excluding hydrogens is 292 g/mol. The second-order valence-electron chi connectivity index (χ2n) is 4.79. The number of carbonyl (C=O) groups is 4. The molecule has 0 saturated heterocycles. The summed E-state index contributed by atoms with van der Waals surface area (Å²) < 4.78 is 0. The standard InChI is InChI=1S/C13H24N4O5/c1-9(18)8-17(12(20)7-14)6-5-16-11(19)4-3-10(15-2)13(21)22/h10,15H,3-8,14H2,1-2H3,(H,16,19)(H,21,22). The largest absolute Gasteiger partial charge is 0.480 e. The summed E-state index contributed by atoms with van der Waals surface area (Å²) >= 11 is 0. The van der Waals surface area contributed by atoms with Crippen molar-refractivity contribution in [2.75, 3.05) is 33.2 Å². The van der Waals surface area contributed by atoms with E-state index in [1.54, 1.807) is 0 Å². The molecule has 0 aliphatic rings. The van der Waals surface area contributed by atoms with Crippen LogP contribution in [0.15, 0.2) is 0 Å². The van der Waals surface area contributed by atoms with Crippen molar-refractivity contribution in [1.29, 1.82) is 0 Å². The number of carbonyl (C=O) groups excluding carboxylic acids is 3. The summed E-state index contributed by atoms with van der Waals surface area (Å²) in [5.41, 5.74) is 5.25. The Hall–Kier alpha value is -2.00. The van der Waals surface area contributed by atoms with Gasteiger partial charge in [0, 0.05) is 19.5 Å². The second kappa shape index (κ2) is 10.7. The number of Topliss-reactive ketones (excluding diaryl/α,β-unsaturated/α-hetero) is 1. The molecule has 9 heteroatoms. The van der Waals surface area contributed by atoms with E-state index in [2.05, 4.69) is 10.6 Å². The maximum absolute atomic E-state index is 11.6. The minimum Gasteiger partial charge on any atom is -0.480 e. The molecule has 0 heterocycles. The average molecular weight is 316 g/mol. The Labute approximate surface area is 129 Å². The van der Waals surface area contributed by atoms with Gasteiger partial charge in [0.2, 0.25) is 11.8 Å². The number of nitrogens with two attached hydrogens (primary N) is 1. The van der Waals surface area contributed by atoms with Crippen LogP contribution in [0.1, 0.15) is 19.8 Å². The summed E-state index contributed by atoms with van der Waals surface area (Å²) in [6, 6.07) is -0.779. The molecule has 9 nitrogen and oxygen atoms in total. The zero-order chi connectivity index (χ0) is 17.1. The zero-order valence-corrected chi connectivity index (χ0v) is 12.9. The number of nitrogens with zero attached hydrogens (tertiary/aromatic N) is 1. The Morgan fingerprint density at radius 1 is 1.27 bits per heavy atom. The van der Waals surface area contributed by atoms with E-state index in [1.807, 2.05) is 0 Å². The van der Waals surface area contributed by atoms with Crippen LogP contribution >= 0.6 is 0 Å². The predicted octanol–water partition coefficient (Wildman–Crippen LogP) is -2.07. The number of carboxylic acids is 1. The molecule has 0 aromatic heterocycles. The molecular formula is C13H24N4O5. The number of ketones is 1. The van der Waals surface area contributed by atoms with Gasteiger partial charge in [-0.1, -0.05) is 0 Å². The highest BCUT2D eigenvalue weighted by Crippen LogP contribution is 1.97. The molecule has 22 heavy (non-hydrogen) atoms. The Kier molecular flexibility index (Phi) is 9.72. The van der Waals surface area contributed by atoms with Crippen LogP contribution in [0.25, 0.3) is 0 Å². The van der Waals surface area contributed by atoms with Gasteiger partial charge in [-0.25, -0.2) is 0 Å². The summed E-state index contributed by atoms with van der Waals surface area (Å²) in [6.45, 7) is 1.46.